The molecule has 0 unspecified atom stereocenters. The highest BCUT2D eigenvalue weighted by Gasteiger charge is 2.33. The number of anilines is 2. The number of hydrogen-bond acceptors (Lipinski definition) is 3. The summed E-state index contributed by atoms with van der Waals surface area (Å²) in [5.74, 6) is -0.423. The molecule has 2 amide bonds. The number of carbonyl (C=O) groups is 2. The van der Waals surface area contributed by atoms with E-state index in [2.05, 4.69) is 22.3 Å². The number of hydrogen-bond donors (Lipinski definition) is 1. The predicted octanol–water partition coefficient (Wildman–Crippen LogP) is 3.67. The Bertz CT molecular complexity index is 896. The monoisotopic (exact) mass is 409 g/mol. The molecule has 2 aromatic carbocycles. The van der Waals surface area contributed by atoms with E-state index in [9.17, 15) is 14.0 Å². The maximum atomic E-state index is 13.2. The summed E-state index contributed by atoms with van der Waals surface area (Å²) in [6.45, 7) is 1.47. The summed E-state index contributed by atoms with van der Waals surface area (Å²) in [7, 11) is 0. The van der Waals surface area contributed by atoms with Crippen LogP contribution in [0.1, 0.15) is 37.7 Å². The minimum Gasteiger partial charge on any atom is -0.362 e. The molecule has 5 nitrogen and oxygen atoms in total. The van der Waals surface area contributed by atoms with Crippen LogP contribution < -0.4 is 15.1 Å². The molecule has 2 aromatic rings. The van der Waals surface area contributed by atoms with E-state index < -0.39 is 0 Å². The molecule has 6 heteroatoms. The summed E-state index contributed by atoms with van der Waals surface area (Å²) < 4.78 is 13.2. The van der Waals surface area contributed by atoms with Gasteiger partial charge in [-0.2, -0.15) is 0 Å². The zero-order valence-electron chi connectivity index (χ0n) is 17.1. The van der Waals surface area contributed by atoms with Crippen LogP contribution in [0.3, 0.4) is 0 Å². The van der Waals surface area contributed by atoms with Crippen LogP contribution >= 0.6 is 0 Å². The Hall–Kier alpha value is -2.89. The zero-order valence-corrected chi connectivity index (χ0v) is 17.1. The van der Waals surface area contributed by atoms with Crippen molar-refractivity contribution in [2.75, 3.05) is 29.4 Å². The summed E-state index contributed by atoms with van der Waals surface area (Å²) in [6.07, 6.45) is 5.39. The molecule has 1 N–H and O–H groups in total. The summed E-state index contributed by atoms with van der Waals surface area (Å²) in [5, 5.41) is 2.90. The molecule has 1 saturated carbocycles. The van der Waals surface area contributed by atoms with E-state index in [-0.39, 0.29) is 30.1 Å². The lowest BCUT2D eigenvalue weighted by molar-refractivity contribution is -0.120. The van der Waals surface area contributed by atoms with Crippen molar-refractivity contribution in [2.24, 2.45) is 0 Å². The van der Waals surface area contributed by atoms with Gasteiger partial charge in [-0.3, -0.25) is 9.59 Å². The lowest BCUT2D eigenvalue weighted by Gasteiger charge is -2.25. The number of para-hydroxylation sites is 1. The summed E-state index contributed by atoms with van der Waals surface area (Å²) >= 11 is 0. The van der Waals surface area contributed by atoms with E-state index in [0.29, 0.717) is 13.1 Å². The minimum absolute atomic E-state index is 0.0375. The van der Waals surface area contributed by atoms with Crippen molar-refractivity contribution in [3.05, 3.63) is 59.9 Å². The molecule has 0 radical (unpaired) electrons. The van der Waals surface area contributed by atoms with Crippen LogP contribution in [0.25, 0.3) is 0 Å². The van der Waals surface area contributed by atoms with Crippen molar-refractivity contribution in [3.8, 4) is 0 Å². The Balaban J connectivity index is 1.30. The molecule has 158 valence electrons. The van der Waals surface area contributed by atoms with Crippen molar-refractivity contribution >= 4 is 23.2 Å². The van der Waals surface area contributed by atoms with Gasteiger partial charge in [0.1, 0.15) is 5.82 Å². The van der Waals surface area contributed by atoms with Crippen LogP contribution in [0.15, 0.2) is 48.5 Å². The second-order valence-electron chi connectivity index (χ2n) is 8.08. The third-order valence-corrected chi connectivity index (χ3v) is 5.74. The first-order chi connectivity index (χ1) is 14.6. The van der Waals surface area contributed by atoms with Gasteiger partial charge in [-0.15, -0.1) is 0 Å². The first-order valence-electron chi connectivity index (χ1n) is 10.8. The molecule has 0 aromatic heterocycles. The van der Waals surface area contributed by atoms with Gasteiger partial charge in [0.2, 0.25) is 11.8 Å². The predicted molar refractivity (Wildman–Crippen MR) is 116 cm³/mol. The number of nitrogens with zero attached hydrogens (tertiary/aromatic N) is 2. The third kappa shape index (κ3) is 4.99. The Morgan fingerprint density at radius 1 is 1.07 bits per heavy atom. The number of benzene rings is 2. The summed E-state index contributed by atoms with van der Waals surface area (Å²) in [4.78, 5) is 29.2. The molecule has 2 aliphatic rings. The van der Waals surface area contributed by atoms with E-state index in [1.165, 1.54) is 17.7 Å². The Kier molecular flexibility index (Phi) is 6.31. The quantitative estimate of drug-likeness (QED) is 0.759. The number of nitrogens with one attached hydrogen (secondary N) is 1. The summed E-state index contributed by atoms with van der Waals surface area (Å²) in [5.41, 5.74) is 3.14. The Morgan fingerprint density at radius 3 is 2.60 bits per heavy atom. The molecular formula is C24H28FN3O2. The molecule has 1 fully saturated rings. The highest BCUT2D eigenvalue weighted by atomic mass is 19.1. The van der Waals surface area contributed by atoms with Crippen molar-refractivity contribution in [3.63, 3.8) is 0 Å². The van der Waals surface area contributed by atoms with E-state index in [0.717, 1.165) is 50.0 Å². The molecule has 0 atom stereocenters. The highest BCUT2D eigenvalue weighted by molar-refractivity contribution is 5.95. The fourth-order valence-electron chi connectivity index (χ4n) is 4.08. The van der Waals surface area contributed by atoms with Crippen molar-refractivity contribution < 1.29 is 14.0 Å². The van der Waals surface area contributed by atoms with Crippen LogP contribution in [0.2, 0.25) is 0 Å². The van der Waals surface area contributed by atoms with Gasteiger partial charge in [0.15, 0.2) is 0 Å². The van der Waals surface area contributed by atoms with Gasteiger partial charge in [-0.1, -0.05) is 18.2 Å². The van der Waals surface area contributed by atoms with E-state index in [1.54, 1.807) is 17.0 Å². The molecule has 1 aliphatic carbocycles. The molecular weight excluding hydrogens is 381 g/mol. The average molecular weight is 410 g/mol. The van der Waals surface area contributed by atoms with Crippen LogP contribution in [0.5, 0.6) is 0 Å². The molecule has 1 heterocycles. The normalized spacial score (nSPS) is 15.8. The number of rotatable bonds is 7. The first-order valence-corrected chi connectivity index (χ1v) is 10.8. The van der Waals surface area contributed by atoms with Crippen molar-refractivity contribution in [1.29, 1.82) is 0 Å². The maximum Gasteiger partial charge on any atom is 0.239 e. The maximum absolute atomic E-state index is 13.2. The van der Waals surface area contributed by atoms with E-state index in [4.69, 9.17) is 0 Å². The molecule has 0 saturated heterocycles. The highest BCUT2D eigenvalue weighted by Crippen LogP contribution is 2.32. The van der Waals surface area contributed by atoms with Crippen LogP contribution in [-0.2, 0) is 16.0 Å². The number of amides is 2. The van der Waals surface area contributed by atoms with Gasteiger partial charge in [0.25, 0.3) is 0 Å². The number of carbonyl (C=O) groups excluding carboxylic acids is 2. The Morgan fingerprint density at radius 2 is 1.83 bits per heavy atom. The van der Waals surface area contributed by atoms with Crippen LogP contribution in [0, 0.1) is 5.82 Å². The van der Waals surface area contributed by atoms with Gasteiger partial charge in [0, 0.05) is 36.9 Å². The third-order valence-electron chi connectivity index (χ3n) is 5.74. The van der Waals surface area contributed by atoms with E-state index >= 15 is 0 Å². The second kappa shape index (κ2) is 9.28. The topological polar surface area (TPSA) is 52.7 Å². The first kappa shape index (κ1) is 20.4. The molecule has 0 bridgehead atoms. The fraction of sp³-hybridized carbons (Fsp3) is 0.417. The number of aryl methyl sites for hydroxylation is 1. The number of halogens is 1. The van der Waals surface area contributed by atoms with Gasteiger partial charge in [0.05, 0.1) is 6.54 Å². The molecule has 1 aliphatic heterocycles. The summed E-state index contributed by atoms with van der Waals surface area (Å²) in [6, 6.07) is 14.5. The van der Waals surface area contributed by atoms with Gasteiger partial charge >= 0.3 is 0 Å². The van der Waals surface area contributed by atoms with Gasteiger partial charge in [-0.05, 0) is 68.0 Å². The molecule has 4 rings (SSSR count). The Labute approximate surface area is 176 Å². The fourth-order valence-corrected chi connectivity index (χ4v) is 4.08. The van der Waals surface area contributed by atoms with Crippen molar-refractivity contribution in [1.82, 2.24) is 5.32 Å². The van der Waals surface area contributed by atoms with Crippen LogP contribution in [0.4, 0.5) is 15.8 Å². The second-order valence-corrected chi connectivity index (χ2v) is 8.08. The van der Waals surface area contributed by atoms with Crippen LogP contribution in [-0.4, -0.2) is 37.5 Å². The van der Waals surface area contributed by atoms with Crippen molar-refractivity contribution in [2.45, 2.75) is 44.6 Å². The molecule has 0 spiro atoms. The number of fused-ring (bicyclic) bond motifs is 1. The van der Waals surface area contributed by atoms with E-state index in [1.807, 2.05) is 12.1 Å². The average Bonchev–Trinajstić information content (AvgIpc) is 3.58. The standard InChI is InChI=1S/C24H28FN3O2/c25-19-8-10-20(11-9-19)28(21-12-13-21)24(30)14-15-26-23(29)17-27-16-4-3-6-18-5-1-2-7-22(18)27/h1-2,5,7-11,21H,3-4,6,12-17H2,(H,26,29). The lowest BCUT2D eigenvalue weighted by atomic mass is 10.1. The van der Waals surface area contributed by atoms with Gasteiger partial charge < -0.3 is 15.1 Å². The SMILES string of the molecule is O=C(CN1CCCCc2ccccc21)NCCC(=O)N(c1ccc(F)cc1)C1CC1. The minimum atomic E-state index is -0.315. The van der Waals surface area contributed by atoms with Gasteiger partial charge in [-0.25, -0.2) is 4.39 Å². The largest absolute Gasteiger partial charge is 0.362 e. The zero-order chi connectivity index (χ0) is 20.9. The lowest BCUT2D eigenvalue weighted by Crippen LogP contribution is -2.40. The smallest absolute Gasteiger partial charge is 0.239 e. The molecule has 30 heavy (non-hydrogen) atoms.